The lowest BCUT2D eigenvalue weighted by Crippen LogP contribution is -2.58. The number of ether oxygens (including phenoxy) is 1. The number of non-ortho nitro benzene ring substituents is 1. The van der Waals surface area contributed by atoms with Crippen molar-refractivity contribution in [3.05, 3.63) is 39.9 Å². The summed E-state index contributed by atoms with van der Waals surface area (Å²) in [7, 11) is 0. The molecule has 8 nitrogen and oxygen atoms in total. The molecule has 0 bridgehead atoms. The number of nitrogens with zero attached hydrogens (tertiary/aromatic N) is 1. The smallest absolute Gasteiger partial charge is 0.313 e. The standard InChI is InChI=1S/C16H18N2O6/c1-2-13-14(17-16(13)21)7-12(19)8-15(20)24-9-10-3-5-11(6-4-10)18(22)23/h3-6,13-14H,2,7-9H2,1H3,(H,17,21)/t13-,14-/m1/s1. The topological polar surface area (TPSA) is 116 Å². The van der Waals surface area contributed by atoms with E-state index in [1.807, 2.05) is 6.92 Å². The number of benzene rings is 1. The molecule has 0 aliphatic carbocycles. The molecule has 0 radical (unpaired) electrons. The number of carbonyl (C=O) groups is 3. The van der Waals surface area contributed by atoms with Gasteiger partial charge in [-0.1, -0.05) is 6.92 Å². The Morgan fingerprint density at radius 1 is 1.29 bits per heavy atom. The van der Waals surface area contributed by atoms with Gasteiger partial charge < -0.3 is 10.1 Å². The summed E-state index contributed by atoms with van der Waals surface area (Å²) in [5.74, 6) is -1.16. The van der Waals surface area contributed by atoms with Crippen molar-refractivity contribution < 1.29 is 24.0 Å². The number of nitrogens with one attached hydrogen (secondary N) is 1. The minimum Gasteiger partial charge on any atom is -0.460 e. The van der Waals surface area contributed by atoms with Crippen LogP contribution in [0.15, 0.2) is 24.3 Å². The van der Waals surface area contributed by atoms with Crippen LogP contribution in [0.1, 0.15) is 31.7 Å². The van der Waals surface area contributed by atoms with Crippen LogP contribution in [0.3, 0.4) is 0 Å². The lowest BCUT2D eigenvalue weighted by Gasteiger charge is -2.35. The number of nitro groups is 1. The van der Waals surface area contributed by atoms with Crippen LogP contribution in [0.5, 0.6) is 0 Å². The van der Waals surface area contributed by atoms with Gasteiger partial charge in [0.2, 0.25) is 5.91 Å². The maximum Gasteiger partial charge on any atom is 0.313 e. The first-order valence-electron chi connectivity index (χ1n) is 7.61. The molecule has 1 fully saturated rings. The Kier molecular flexibility index (Phi) is 5.62. The lowest BCUT2D eigenvalue weighted by atomic mass is 9.84. The Morgan fingerprint density at radius 2 is 1.96 bits per heavy atom. The average molecular weight is 334 g/mol. The molecule has 2 rings (SSSR count). The third-order valence-corrected chi connectivity index (χ3v) is 3.93. The fourth-order valence-corrected chi connectivity index (χ4v) is 2.55. The lowest BCUT2D eigenvalue weighted by molar-refractivity contribution is -0.384. The highest BCUT2D eigenvalue weighted by molar-refractivity contribution is 5.97. The molecule has 1 amide bonds. The third kappa shape index (κ3) is 4.37. The molecule has 1 aliphatic heterocycles. The van der Waals surface area contributed by atoms with Crippen molar-refractivity contribution in [1.29, 1.82) is 0 Å². The predicted octanol–water partition coefficient (Wildman–Crippen LogP) is 1.51. The van der Waals surface area contributed by atoms with Gasteiger partial charge in [-0.05, 0) is 24.1 Å². The molecule has 2 atom stereocenters. The second-order valence-electron chi connectivity index (χ2n) is 5.63. The molecule has 1 aliphatic rings. The molecule has 8 heteroatoms. The Labute approximate surface area is 138 Å². The highest BCUT2D eigenvalue weighted by atomic mass is 16.6. The molecule has 1 N–H and O–H groups in total. The van der Waals surface area contributed by atoms with E-state index in [9.17, 15) is 24.5 Å². The number of rotatable bonds is 8. The predicted molar refractivity (Wildman–Crippen MR) is 82.8 cm³/mol. The Balaban J connectivity index is 1.73. The van der Waals surface area contributed by atoms with Crippen molar-refractivity contribution in [2.24, 2.45) is 5.92 Å². The quantitative estimate of drug-likeness (QED) is 0.253. The molecule has 0 spiro atoms. The van der Waals surface area contributed by atoms with Crippen LogP contribution in [0.2, 0.25) is 0 Å². The summed E-state index contributed by atoms with van der Waals surface area (Å²) >= 11 is 0. The first kappa shape index (κ1) is 17.6. The van der Waals surface area contributed by atoms with Crippen molar-refractivity contribution in [1.82, 2.24) is 5.32 Å². The van der Waals surface area contributed by atoms with Crippen LogP contribution in [-0.2, 0) is 25.7 Å². The summed E-state index contributed by atoms with van der Waals surface area (Å²) in [5, 5.41) is 13.2. The van der Waals surface area contributed by atoms with Gasteiger partial charge in [0.1, 0.15) is 18.8 Å². The van der Waals surface area contributed by atoms with Crippen molar-refractivity contribution in [3.8, 4) is 0 Å². The van der Waals surface area contributed by atoms with E-state index < -0.39 is 10.9 Å². The largest absolute Gasteiger partial charge is 0.460 e. The zero-order valence-electron chi connectivity index (χ0n) is 13.2. The molecule has 0 unspecified atom stereocenters. The number of ketones is 1. The van der Waals surface area contributed by atoms with Gasteiger partial charge in [-0.15, -0.1) is 0 Å². The second kappa shape index (κ2) is 7.67. The molecule has 1 heterocycles. The SMILES string of the molecule is CC[C@H]1C(=O)N[C@@H]1CC(=O)CC(=O)OCc1ccc([N+](=O)[O-])cc1. The molecule has 1 aromatic rings. The van der Waals surface area contributed by atoms with Crippen molar-refractivity contribution in [2.45, 2.75) is 38.8 Å². The molecule has 0 saturated carbocycles. The van der Waals surface area contributed by atoms with E-state index in [0.717, 1.165) is 0 Å². The average Bonchev–Trinajstić information content (AvgIpc) is 2.53. The third-order valence-electron chi connectivity index (χ3n) is 3.93. The van der Waals surface area contributed by atoms with Crippen LogP contribution in [0, 0.1) is 16.0 Å². The number of carbonyl (C=O) groups excluding carboxylic acids is 3. The van der Waals surface area contributed by atoms with Gasteiger partial charge in [-0.25, -0.2) is 0 Å². The number of amides is 1. The minimum atomic E-state index is -0.656. The van der Waals surface area contributed by atoms with E-state index in [2.05, 4.69) is 5.32 Å². The fraction of sp³-hybridized carbons (Fsp3) is 0.438. The van der Waals surface area contributed by atoms with Crippen molar-refractivity contribution in [2.75, 3.05) is 0 Å². The van der Waals surface area contributed by atoms with Gasteiger partial charge in [0.05, 0.1) is 10.8 Å². The minimum absolute atomic E-state index is 0.0479. The Bertz CT molecular complexity index is 655. The van der Waals surface area contributed by atoms with E-state index in [0.29, 0.717) is 12.0 Å². The molecule has 1 aromatic carbocycles. The number of nitro benzene ring substituents is 1. The number of β-lactam (4-membered cyclic amide) rings is 1. The summed E-state index contributed by atoms with van der Waals surface area (Å²) in [6, 6.07) is 5.42. The monoisotopic (exact) mass is 334 g/mol. The number of hydrogen-bond acceptors (Lipinski definition) is 6. The van der Waals surface area contributed by atoms with E-state index in [1.165, 1.54) is 24.3 Å². The zero-order chi connectivity index (χ0) is 17.7. The summed E-state index contributed by atoms with van der Waals surface area (Å²) in [5.41, 5.74) is 0.548. The fourth-order valence-electron chi connectivity index (χ4n) is 2.55. The van der Waals surface area contributed by atoms with Crippen molar-refractivity contribution in [3.63, 3.8) is 0 Å². The maximum atomic E-state index is 11.8. The Morgan fingerprint density at radius 3 is 2.50 bits per heavy atom. The van der Waals surface area contributed by atoms with Gasteiger partial charge in [0, 0.05) is 24.6 Å². The van der Waals surface area contributed by atoms with E-state index in [1.54, 1.807) is 0 Å². The van der Waals surface area contributed by atoms with Crippen LogP contribution >= 0.6 is 0 Å². The highest BCUT2D eigenvalue weighted by Gasteiger charge is 2.38. The maximum absolute atomic E-state index is 11.8. The first-order chi connectivity index (χ1) is 11.4. The van der Waals surface area contributed by atoms with Gasteiger partial charge in [-0.3, -0.25) is 24.5 Å². The molecule has 1 saturated heterocycles. The summed E-state index contributed by atoms with van der Waals surface area (Å²) < 4.78 is 4.99. The summed E-state index contributed by atoms with van der Waals surface area (Å²) in [6.45, 7) is 1.82. The summed E-state index contributed by atoms with van der Waals surface area (Å²) in [6.07, 6.45) is 0.432. The Hall–Kier alpha value is -2.77. The number of hydrogen-bond donors (Lipinski definition) is 1. The first-order valence-corrected chi connectivity index (χ1v) is 7.61. The normalized spacial score (nSPS) is 19.1. The second-order valence-corrected chi connectivity index (χ2v) is 5.63. The van der Waals surface area contributed by atoms with Crippen LogP contribution in [-0.4, -0.2) is 28.6 Å². The van der Waals surface area contributed by atoms with Gasteiger partial charge >= 0.3 is 5.97 Å². The van der Waals surface area contributed by atoms with Crippen molar-refractivity contribution >= 4 is 23.3 Å². The highest BCUT2D eigenvalue weighted by Crippen LogP contribution is 2.22. The number of esters is 1. The van der Waals surface area contributed by atoms with Crippen LogP contribution in [0.4, 0.5) is 5.69 Å². The van der Waals surface area contributed by atoms with E-state index in [-0.39, 0.29) is 48.8 Å². The molecule has 0 aromatic heterocycles. The van der Waals surface area contributed by atoms with Crippen LogP contribution < -0.4 is 5.32 Å². The van der Waals surface area contributed by atoms with E-state index in [4.69, 9.17) is 4.74 Å². The van der Waals surface area contributed by atoms with Gasteiger partial charge in [0.15, 0.2) is 0 Å². The zero-order valence-corrected chi connectivity index (χ0v) is 13.2. The van der Waals surface area contributed by atoms with Crippen LogP contribution in [0.25, 0.3) is 0 Å². The molecular formula is C16H18N2O6. The van der Waals surface area contributed by atoms with E-state index >= 15 is 0 Å². The molecule has 128 valence electrons. The van der Waals surface area contributed by atoms with Gasteiger partial charge in [0.25, 0.3) is 5.69 Å². The number of Topliss-reactive ketones (excluding diaryl/α,β-unsaturated/α-hetero) is 1. The van der Waals surface area contributed by atoms with Gasteiger partial charge in [-0.2, -0.15) is 0 Å². The summed E-state index contributed by atoms with van der Waals surface area (Å²) in [4.78, 5) is 44.8. The molecule has 24 heavy (non-hydrogen) atoms. The molecular weight excluding hydrogens is 316 g/mol.